The minimum Gasteiger partial charge on any atom is -0.334 e. The van der Waals surface area contributed by atoms with Crippen molar-refractivity contribution in [3.05, 3.63) is 35.8 Å². The average Bonchev–Trinajstić information content (AvgIpc) is 2.94. The number of urea groups is 1. The molecule has 21 heavy (non-hydrogen) atoms. The third kappa shape index (κ3) is 5.10. The van der Waals surface area contributed by atoms with Gasteiger partial charge < -0.3 is 5.32 Å². The van der Waals surface area contributed by atoms with Crippen LogP contribution in [0.2, 0.25) is 0 Å². The number of nitrogens with zero attached hydrogens (tertiary/aromatic N) is 2. The monoisotopic (exact) mass is 318 g/mol. The Morgan fingerprint density at radius 2 is 2.38 bits per heavy atom. The van der Waals surface area contributed by atoms with Crippen molar-refractivity contribution < 1.29 is 4.79 Å². The SMILES string of the molecule is C[C@H](CC#N)NC(=O)Nc1ccc(Sc2cccs2)cn1. The third-order valence-corrected chi connectivity index (χ3v) is 4.48. The lowest BCUT2D eigenvalue weighted by molar-refractivity contribution is 0.249. The zero-order chi connectivity index (χ0) is 15.1. The van der Waals surface area contributed by atoms with Crippen LogP contribution in [0.5, 0.6) is 0 Å². The summed E-state index contributed by atoms with van der Waals surface area (Å²) >= 11 is 3.30. The number of hydrogen-bond donors (Lipinski definition) is 2. The molecule has 7 heteroatoms. The summed E-state index contributed by atoms with van der Waals surface area (Å²) in [4.78, 5) is 16.9. The quantitative estimate of drug-likeness (QED) is 0.880. The number of thiophene rings is 1. The van der Waals surface area contributed by atoms with Gasteiger partial charge in [0.1, 0.15) is 5.82 Å². The Morgan fingerprint density at radius 3 is 3.00 bits per heavy atom. The van der Waals surface area contributed by atoms with Crippen molar-refractivity contribution in [1.82, 2.24) is 10.3 Å². The molecule has 2 aromatic rings. The first-order valence-corrected chi connectivity index (χ1v) is 7.99. The lowest BCUT2D eigenvalue weighted by Crippen LogP contribution is -2.36. The van der Waals surface area contributed by atoms with Crippen LogP contribution >= 0.6 is 23.1 Å². The normalized spacial score (nSPS) is 11.4. The van der Waals surface area contributed by atoms with E-state index < -0.39 is 0 Å². The van der Waals surface area contributed by atoms with E-state index in [2.05, 4.69) is 15.6 Å². The van der Waals surface area contributed by atoms with Gasteiger partial charge in [0.2, 0.25) is 0 Å². The molecule has 0 aliphatic carbocycles. The van der Waals surface area contributed by atoms with Gasteiger partial charge in [-0.15, -0.1) is 11.3 Å². The molecule has 2 heterocycles. The minimum absolute atomic E-state index is 0.191. The highest BCUT2D eigenvalue weighted by atomic mass is 32.2. The van der Waals surface area contributed by atoms with Crippen molar-refractivity contribution in [2.24, 2.45) is 0 Å². The van der Waals surface area contributed by atoms with Gasteiger partial charge in [-0.05, 0) is 30.5 Å². The molecule has 0 spiro atoms. The Balaban J connectivity index is 1.87. The summed E-state index contributed by atoms with van der Waals surface area (Å²) in [6.07, 6.45) is 2.00. The van der Waals surface area contributed by atoms with Gasteiger partial charge in [0, 0.05) is 17.1 Å². The Kier molecular flexibility index (Phi) is 5.60. The highest BCUT2D eigenvalue weighted by molar-refractivity contribution is 8.01. The Bertz CT molecular complexity index is 619. The van der Waals surface area contributed by atoms with E-state index in [1.54, 1.807) is 42.3 Å². The van der Waals surface area contributed by atoms with Crippen LogP contribution in [0.15, 0.2) is 44.9 Å². The number of hydrogen-bond acceptors (Lipinski definition) is 5. The molecule has 0 bridgehead atoms. The molecule has 0 unspecified atom stereocenters. The summed E-state index contributed by atoms with van der Waals surface area (Å²) < 4.78 is 1.19. The van der Waals surface area contributed by atoms with Crippen LogP contribution in [0.4, 0.5) is 10.6 Å². The number of aromatic nitrogens is 1. The summed E-state index contributed by atoms with van der Waals surface area (Å²) in [6, 6.07) is 9.17. The Labute approximate surface area is 131 Å². The van der Waals surface area contributed by atoms with E-state index in [0.717, 1.165) is 4.90 Å². The van der Waals surface area contributed by atoms with Gasteiger partial charge in [0.05, 0.1) is 16.7 Å². The number of rotatable bonds is 5. The van der Waals surface area contributed by atoms with Gasteiger partial charge in [0.15, 0.2) is 0 Å². The lowest BCUT2D eigenvalue weighted by Gasteiger charge is -2.11. The topological polar surface area (TPSA) is 77.8 Å². The van der Waals surface area contributed by atoms with Gasteiger partial charge in [-0.25, -0.2) is 9.78 Å². The van der Waals surface area contributed by atoms with Crippen LogP contribution < -0.4 is 10.6 Å². The molecular formula is C14H14N4OS2. The molecule has 2 amide bonds. The minimum atomic E-state index is -0.357. The number of pyridine rings is 1. The van der Waals surface area contributed by atoms with Crippen molar-refractivity contribution >= 4 is 34.9 Å². The van der Waals surface area contributed by atoms with Crippen LogP contribution in [-0.2, 0) is 0 Å². The lowest BCUT2D eigenvalue weighted by atomic mass is 10.3. The summed E-state index contributed by atoms with van der Waals surface area (Å²) in [7, 11) is 0. The van der Waals surface area contributed by atoms with E-state index in [1.165, 1.54) is 4.21 Å². The molecule has 108 valence electrons. The number of nitrogens with one attached hydrogen (secondary N) is 2. The first-order chi connectivity index (χ1) is 10.2. The molecule has 0 aliphatic rings. The predicted molar refractivity (Wildman–Crippen MR) is 84.5 cm³/mol. The van der Waals surface area contributed by atoms with E-state index in [1.807, 2.05) is 29.6 Å². The van der Waals surface area contributed by atoms with Gasteiger partial charge in [-0.2, -0.15) is 5.26 Å². The molecule has 0 saturated heterocycles. The smallest absolute Gasteiger partial charge is 0.320 e. The zero-order valence-corrected chi connectivity index (χ0v) is 13.0. The van der Waals surface area contributed by atoms with Gasteiger partial charge in [-0.3, -0.25) is 5.32 Å². The number of anilines is 1. The van der Waals surface area contributed by atoms with Crippen molar-refractivity contribution in [1.29, 1.82) is 5.26 Å². The van der Waals surface area contributed by atoms with Gasteiger partial charge in [0.25, 0.3) is 0 Å². The summed E-state index contributed by atoms with van der Waals surface area (Å²) in [5.74, 6) is 0.479. The summed E-state index contributed by atoms with van der Waals surface area (Å²) in [5, 5.41) is 15.9. The molecule has 0 saturated carbocycles. The molecule has 2 aromatic heterocycles. The zero-order valence-electron chi connectivity index (χ0n) is 11.4. The van der Waals surface area contributed by atoms with Crippen molar-refractivity contribution in [2.45, 2.75) is 28.5 Å². The average molecular weight is 318 g/mol. The molecule has 0 radical (unpaired) electrons. The Hall–Kier alpha value is -2.04. The standard InChI is InChI=1S/C14H14N4OS2/c1-10(6-7-15)17-14(19)18-12-5-4-11(9-16-12)21-13-3-2-8-20-13/h2-5,8-10H,6H2,1H3,(H2,16,17,18,19)/t10-/m1/s1. The molecular weight excluding hydrogens is 304 g/mol. The fourth-order valence-electron chi connectivity index (χ4n) is 1.52. The number of carbonyl (C=O) groups is 1. The first-order valence-electron chi connectivity index (χ1n) is 6.29. The second kappa shape index (κ2) is 7.67. The molecule has 2 N–H and O–H groups in total. The number of nitriles is 1. The van der Waals surface area contributed by atoms with E-state index in [4.69, 9.17) is 5.26 Å². The van der Waals surface area contributed by atoms with E-state index in [9.17, 15) is 4.79 Å². The number of amides is 2. The maximum absolute atomic E-state index is 11.7. The molecule has 1 atom stereocenters. The number of carbonyl (C=O) groups excluding carboxylic acids is 1. The molecule has 5 nitrogen and oxygen atoms in total. The second-order valence-electron chi connectivity index (χ2n) is 4.28. The van der Waals surface area contributed by atoms with Crippen molar-refractivity contribution in [2.75, 3.05) is 5.32 Å². The highest BCUT2D eigenvalue weighted by Crippen LogP contribution is 2.30. The summed E-state index contributed by atoms with van der Waals surface area (Å²) in [5.41, 5.74) is 0. The van der Waals surface area contributed by atoms with Crippen LogP contribution in [0, 0.1) is 11.3 Å². The van der Waals surface area contributed by atoms with Crippen LogP contribution in [0.3, 0.4) is 0 Å². The van der Waals surface area contributed by atoms with Crippen LogP contribution in [0.1, 0.15) is 13.3 Å². The van der Waals surface area contributed by atoms with Crippen LogP contribution in [0.25, 0.3) is 0 Å². The van der Waals surface area contributed by atoms with Gasteiger partial charge in [-0.1, -0.05) is 17.8 Å². The maximum atomic E-state index is 11.7. The summed E-state index contributed by atoms with van der Waals surface area (Å²) in [6.45, 7) is 1.77. The van der Waals surface area contributed by atoms with Crippen molar-refractivity contribution in [3.63, 3.8) is 0 Å². The second-order valence-corrected chi connectivity index (χ2v) is 6.60. The van der Waals surface area contributed by atoms with E-state index in [0.29, 0.717) is 5.82 Å². The maximum Gasteiger partial charge on any atom is 0.320 e. The molecule has 0 aromatic carbocycles. The fraction of sp³-hybridized carbons (Fsp3) is 0.214. The van der Waals surface area contributed by atoms with E-state index >= 15 is 0 Å². The van der Waals surface area contributed by atoms with E-state index in [-0.39, 0.29) is 18.5 Å². The van der Waals surface area contributed by atoms with Crippen molar-refractivity contribution in [3.8, 4) is 6.07 Å². The molecule has 2 rings (SSSR count). The van der Waals surface area contributed by atoms with Gasteiger partial charge >= 0.3 is 6.03 Å². The predicted octanol–water partition coefficient (Wildman–Crippen LogP) is 3.72. The Morgan fingerprint density at radius 1 is 1.52 bits per heavy atom. The van der Waals surface area contributed by atoms with Crippen LogP contribution in [-0.4, -0.2) is 17.1 Å². The third-order valence-electron chi connectivity index (χ3n) is 2.47. The first kappa shape index (κ1) is 15.4. The highest BCUT2D eigenvalue weighted by Gasteiger charge is 2.07. The fourth-order valence-corrected chi connectivity index (χ4v) is 3.23. The molecule has 0 fully saturated rings. The largest absolute Gasteiger partial charge is 0.334 e. The molecule has 0 aliphatic heterocycles.